The van der Waals surface area contributed by atoms with E-state index in [1.54, 1.807) is 48.5 Å². The van der Waals surface area contributed by atoms with E-state index in [4.69, 9.17) is 10.00 Å². The molecule has 1 aliphatic heterocycles. The van der Waals surface area contributed by atoms with E-state index in [0.717, 1.165) is 5.56 Å². The van der Waals surface area contributed by atoms with Gasteiger partial charge in [0.05, 0.1) is 30.4 Å². The van der Waals surface area contributed by atoms with Gasteiger partial charge in [-0.3, -0.25) is 14.5 Å². The lowest BCUT2D eigenvalue weighted by Gasteiger charge is -2.27. The molecule has 0 spiro atoms. The largest absolute Gasteiger partial charge is 0.503 e. The number of anilines is 1. The first-order valence-electron chi connectivity index (χ1n) is 10.5. The number of aliphatic hydroxyl groups is 1. The Morgan fingerprint density at radius 1 is 1.06 bits per heavy atom. The number of hydrogen-bond acceptors (Lipinski definition) is 5. The van der Waals surface area contributed by atoms with Gasteiger partial charge in [-0.25, -0.2) is 0 Å². The zero-order valence-corrected chi connectivity index (χ0v) is 18.1. The van der Waals surface area contributed by atoms with Crippen molar-refractivity contribution >= 4 is 17.4 Å². The molecule has 0 saturated heterocycles. The van der Waals surface area contributed by atoms with E-state index in [2.05, 4.69) is 0 Å². The molecule has 1 atom stereocenters. The maximum Gasteiger partial charge on any atom is 0.294 e. The van der Waals surface area contributed by atoms with Crippen LogP contribution < -0.4 is 9.64 Å². The fourth-order valence-corrected chi connectivity index (χ4v) is 4.02. The molecule has 1 aliphatic rings. The number of amides is 1. The van der Waals surface area contributed by atoms with Crippen LogP contribution in [0.5, 0.6) is 5.75 Å². The Morgan fingerprint density at radius 2 is 1.79 bits per heavy atom. The van der Waals surface area contributed by atoms with E-state index in [1.165, 1.54) is 12.0 Å². The highest BCUT2D eigenvalue weighted by Gasteiger charge is 2.44. The van der Waals surface area contributed by atoms with Gasteiger partial charge in [0.15, 0.2) is 11.5 Å². The quantitative estimate of drug-likeness (QED) is 0.579. The number of carbonyl (C=O) groups is 2. The normalized spacial score (nSPS) is 15.5. The summed E-state index contributed by atoms with van der Waals surface area (Å²) in [6.07, 6.45) is 0.644. The van der Waals surface area contributed by atoms with Gasteiger partial charge in [0, 0.05) is 12.1 Å². The predicted octanol–water partition coefficient (Wildman–Crippen LogP) is 4.67. The lowest BCUT2D eigenvalue weighted by atomic mass is 9.93. The van der Waals surface area contributed by atoms with Gasteiger partial charge in [0.2, 0.25) is 0 Å². The van der Waals surface area contributed by atoms with Crippen molar-refractivity contribution in [3.8, 4) is 11.8 Å². The van der Waals surface area contributed by atoms with Crippen molar-refractivity contribution in [2.24, 2.45) is 0 Å². The fraction of sp³-hybridized carbons (Fsp3) is 0.148. The topological polar surface area (TPSA) is 90.6 Å². The average molecular weight is 438 g/mol. The Balaban J connectivity index is 1.74. The molecule has 3 aromatic rings. The monoisotopic (exact) mass is 438 g/mol. The highest BCUT2D eigenvalue weighted by atomic mass is 16.5. The van der Waals surface area contributed by atoms with Gasteiger partial charge in [-0.05, 0) is 53.9 Å². The molecule has 0 fully saturated rings. The van der Waals surface area contributed by atoms with Crippen molar-refractivity contribution in [2.75, 3.05) is 12.0 Å². The number of nitriles is 1. The lowest BCUT2D eigenvalue weighted by molar-refractivity contribution is -0.118. The number of aryl methyl sites for hydroxylation is 1. The lowest BCUT2D eigenvalue weighted by Crippen LogP contribution is -2.31. The average Bonchev–Trinajstić information content (AvgIpc) is 3.13. The molecular formula is C27H22N2O4. The standard InChI is InChI=1S/C27H22N2O4/c1-33-22-9-5-8-20(16-22)25-24(23(30)15-12-18-6-3-2-4-7-18)26(31)27(32)29(25)21-13-10-19(17-28)11-14-21/h2-11,13-14,16,25,31H,12,15H2,1H3. The van der Waals surface area contributed by atoms with E-state index in [-0.39, 0.29) is 17.8 Å². The summed E-state index contributed by atoms with van der Waals surface area (Å²) in [4.78, 5) is 27.9. The molecule has 1 heterocycles. The maximum absolute atomic E-state index is 13.3. The van der Waals surface area contributed by atoms with Crippen molar-refractivity contribution in [1.82, 2.24) is 0 Å². The van der Waals surface area contributed by atoms with E-state index in [1.807, 2.05) is 36.4 Å². The number of hydrogen-bond donors (Lipinski definition) is 1. The highest BCUT2D eigenvalue weighted by molar-refractivity contribution is 6.16. The van der Waals surface area contributed by atoms with Crippen molar-refractivity contribution in [3.05, 3.63) is 107 Å². The minimum absolute atomic E-state index is 0.0635. The Kier molecular flexibility index (Phi) is 6.23. The minimum Gasteiger partial charge on any atom is -0.503 e. The van der Waals surface area contributed by atoms with Gasteiger partial charge in [0.1, 0.15) is 5.75 Å². The van der Waals surface area contributed by atoms with Crippen LogP contribution in [0.1, 0.15) is 29.2 Å². The van der Waals surface area contributed by atoms with Gasteiger partial charge in [-0.15, -0.1) is 0 Å². The number of methoxy groups -OCH3 is 1. The molecule has 0 aromatic heterocycles. The second kappa shape index (κ2) is 9.41. The number of ketones is 1. The molecule has 164 valence electrons. The van der Waals surface area contributed by atoms with Crippen LogP contribution in [-0.2, 0) is 16.0 Å². The molecule has 1 unspecified atom stereocenters. The van der Waals surface area contributed by atoms with Gasteiger partial charge in [-0.1, -0.05) is 42.5 Å². The number of ether oxygens (including phenoxy) is 1. The van der Waals surface area contributed by atoms with Crippen LogP contribution in [0.3, 0.4) is 0 Å². The molecule has 0 bridgehead atoms. The third-order valence-electron chi connectivity index (χ3n) is 5.68. The van der Waals surface area contributed by atoms with E-state index in [9.17, 15) is 14.7 Å². The van der Waals surface area contributed by atoms with Crippen LogP contribution in [0.15, 0.2) is 90.2 Å². The highest BCUT2D eigenvalue weighted by Crippen LogP contribution is 2.42. The Labute approximate surface area is 192 Å². The SMILES string of the molecule is COc1cccc(C2C(C(=O)CCc3ccccc3)=C(O)C(=O)N2c2ccc(C#N)cc2)c1. The predicted molar refractivity (Wildman–Crippen MR) is 124 cm³/mol. The number of carbonyl (C=O) groups excluding carboxylic acids is 2. The summed E-state index contributed by atoms with van der Waals surface area (Å²) in [6, 6.07) is 24.4. The molecule has 0 aliphatic carbocycles. The van der Waals surface area contributed by atoms with Crippen molar-refractivity contribution in [1.29, 1.82) is 5.26 Å². The molecule has 3 aromatic carbocycles. The number of nitrogens with zero attached hydrogens (tertiary/aromatic N) is 2. The number of rotatable bonds is 7. The number of benzene rings is 3. The van der Waals surface area contributed by atoms with Crippen molar-refractivity contribution < 1.29 is 19.4 Å². The molecule has 1 N–H and O–H groups in total. The van der Waals surface area contributed by atoms with Crippen LogP contribution in [0.2, 0.25) is 0 Å². The smallest absolute Gasteiger partial charge is 0.294 e. The van der Waals surface area contributed by atoms with Gasteiger partial charge >= 0.3 is 0 Å². The number of Topliss-reactive ketones (excluding diaryl/α,β-unsaturated/α-hetero) is 1. The summed E-state index contributed by atoms with van der Waals surface area (Å²) in [5.41, 5.74) is 2.62. The zero-order valence-electron chi connectivity index (χ0n) is 18.1. The van der Waals surface area contributed by atoms with Crippen molar-refractivity contribution in [2.45, 2.75) is 18.9 Å². The second-order valence-electron chi connectivity index (χ2n) is 7.68. The van der Waals surface area contributed by atoms with Crippen LogP contribution in [-0.4, -0.2) is 23.9 Å². The second-order valence-corrected chi connectivity index (χ2v) is 7.68. The summed E-state index contributed by atoms with van der Waals surface area (Å²) in [7, 11) is 1.54. The first kappa shape index (κ1) is 21.8. The molecule has 4 rings (SSSR count). The van der Waals surface area contributed by atoms with Crippen LogP contribution in [0.25, 0.3) is 0 Å². The molecule has 33 heavy (non-hydrogen) atoms. The molecule has 0 radical (unpaired) electrons. The third kappa shape index (κ3) is 4.35. The molecule has 6 nitrogen and oxygen atoms in total. The summed E-state index contributed by atoms with van der Waals surface area (Å²) in [5.74, 6) is -0.934. The van der Waals surface area contributed by atoms with Crippen LogP contribution in [0, 0.1) is 11.3 Å². The van der Waals surface area contributed by atoms with Gasteiger partial charge in [0.25, 0.3) is 5.91 Å². The molecule has 0 saturated carbocycles. The molecular weight excluding hydrogens is 416 g/mol. The van der Waals surface area contributed by atoms with Gasteiger partial charge in [-0.2, -0.15) is 5.26 Å². The minimum atomic E-state index is -0.816. The van der Waals surface area contributed by atoms with E-state index in [0.29, 0.717) is 29.0 Å². The summed E-state index contributed by atoms with van der Waals surface area (Å²) in [5, 5.41) is 19.9. The number of aliphatic hydroxyl groups excluding tert-OH is 1. The Morgan fingerprint density at radius 3 is 2.45 bits per heavy atom. The first-order valence-corrected chi connectivity index (χ1v) is 10.5. The van der Waals surface area contributed by atoms with Gasteiger partial charge < -0.3 is 9.84 Å². The fourth-order valence-electron chi connectivity index (χ4n) is 4.02. The third-order valence-corrected chi connectivity index (χ3v) is 5.68. The summed E-state index contributed by atoms with van der Waals surface area (Å²) >= 11 is 0. The van der Waals surface area contributed by atoms with E-state index >= 15 is 0 Å². The van der Waals surface area contributed by atoms with Crippen LogP contribution >= 0.6 is 0 Å². The van der Waals surface area contributed by atoms with Crippen LogP contribution in [0.4, 0.5) is 5.69 Å². The van der Waals surface area contributed by atoms with E-state index < -0.39 is 17.7 Å². The molecule has 6 heteroatoms. The summed E-state index contributed by atoms with van der Waals surface area (Å²) < 4.78 is 5.34. The van der Waals surface area contributed by atoms with Crippen molar-refractivity contribution in [3.63, 3.8) is 0 Å². The first-order chi connectivity index (χ1) is 16.0. The summed E-state index contributed by atoms with van der Waals surface area (Å²) in [6.45, 7) is 0. The zero-order chi connectivity index (χ0) is 23.4. The Bertz CT molecular complexity index is 1260. The maximum atomic E-state index is 13.3. The molecule has 1 amide bonds. The Hall–Kier alpha value is -4.37.